The molecule has 2 saturated heterocycles. The summed E-state index contributed by atoms with van der Waals surface area (Å²) in [4.78, 5) is 27.2. The van der Waals surface area contributed by atoms with Crippen molar-refractivity contribution in [3.63, 3.8) is 0 Å². The van der Waals surface area contributed by atoms with E-state index in [0.717, 1.165) is 5.56 Å². The Hall–Kier alpha value is -2.23. The quantitative estimate of drug-likeness (QED) is 0.623. The zero-order chi connectivity index (χ0) is 24.9. The van der Waals surface area contributed by atoms with Crippen molar-refractivity contribution in [2.24, 2.45) is 0 Å². The maximum absolute atomic E-state index is 14.3. The number of halogens is 3. The summed E-state index contributed by atoms with van der Waals surface area (Å²) in [6.45, 7) is 0.500. The number of ether oxygens (including phenoxy) is 2. The first-order valence-corrected chi connectivity index (χ1v) is 12.2. The van der Waals surface area contributed by atoms with E-state index in [4.69, 9.17) is 32.7 Å². The molecule has 2 aliphatic rings. The van der Waals surface area contributed by atoms with Crippen molar-refractivity contribution in [2.75, 3.05) is 19.8 Å². The number of fused-ring (bicyclic) bond motifs is 1. The number of benzene rings is 2. The summed E-state index contributed by atoms with van der Waals surface area (Å²) in [5.41, 5.74) is 0.774. The third-order valence-corrected chi connectivity index (χ3v) is 6.97. The first kappa shape index (κ1) is 25.9. The van der Waals surface area contributed by atoms with E-state index in [9.17, 15) is 19.1 Å². The molecule has 2 amide bonds. The average Bonchev–Trinajstić information content (AvgIpc) is 2.82. The van der Waals surface area contributed by atoms with Crippen LogP contribution in [0.4, 0.5) is 4.39 Å². The van der Waals surface area contributed by atoms with Gasteiger partial charge < -0.3 is 24.8 Å². The van der Waals surface area contributed by atoms with E-state index in [-0.39, 0.29) is 43.8 Å². The van der Waals surface area contributed by atoms with E-state index in [1.165, 1.54) is 23.1 Å². The van der Waals surface area contributed by atoms with Gasteiger partial charge in [-0.3, -0.25) is 9.59 Å². The van der Waals surface area contributed by atoms with Gasteiger partial charge in [0.25, 0.3) is 5.91 Å². The van der Waals surface area contributed by atoms with Crippen LogP contribution in [0.1, 0.15) is 35.2 Å². The van der Waals surface area contributed by atoms with Crippen molar-refractivity contribution in [3.8, 4) is 0 Å². The second-order valence-electron chi connectivity index (χ2n) is 8.80. The molecule has 2 aromatic carbocycles. The molecule has 7 nitrogen and oxygen atoms in total. The molecule has 0 radical (unpaired) electrons. The van der Waals surface area contributed by atoms with Gasteiger partial charge in [0.1, 0.15) is 11.9 Å². The van der Waals surface area contributed by atoms with Crippen LogP contribution in [-0.2, 0) is 20.8 Å². The van der Waals surface area contributed by atoms with Crippen LogP contribution in [0.2, 0.25) is 10.0 Å². The van der Waals surface area contributed by atoms with Crippen molar-refractivity contribution >= 4 is 35.0 Å². The van der Waals surface area contributed by atoms with Gasteiger partial charge in [0.15, 0.2) is 0 Å². The SMILES string of the molecule is O=C(C[C@@H]1CC[C@H]2[C@@H](COC[C@@H](O)CN2C(=O)c2ccccc2F)O1)NCc1ccc(Cl)c(Cl)c1. The van der Waals surface area contributed by atoms with Gasteiger partial charge in [-0.15, -0.1) is 0 Å². The van der Waals surface area contributed by atoms with E-state index < -0.39 is 30.0 Å². The molecule has 2 fully saturated rings. The fourth-order valence-electron chi connectivity index (χ4n) is 4.49. The van der Waals surface area contributed by atoms with Crippen LogP contribution in [-0.4, -0.2) is 65.9 Å². The lowest BCUT2D eigenvalue weighted by Crippen LogP contribution is -2.57. The monoisotopic (exact) mass is 524 g/mol. The van der Waals surface area contributed by atoms with E-state index in [1.807, 2.05) is 0 Å². The number of carbonyl (C=O) groups excluding carboxylic acids is 2. The Morgan fingerprint density at radius 2 is 1.91 bits per heavy atom. The summed E-state index contributed by atoms with van der Waals surface area (Å²) in [6, 6.07) is 10.5. The minimum absolute atomic E-state index is 0.00645. The number of β-amino-alcohol motifs (C(OH)–C–C–N with tert-alkyl or cyclic N) is 1. The minimum Gasteiger partial charge on any atom is -0.389 e. The highest BCUT2D eigenvalue weighted by Crippen LogP contribution is 2.29. The van der Waals surface area contributed by atoms with Crippen LogP contribution in [0.3, 0.4) is 0 Å². The first-order valence-electron chi connectivity index (χ1n) is 11.5. The Labute approximate surface area is 213 Å². The standard InChI is InChI=1S/C25H27Cl2FN2O5/c26-19-7-5-15(9-20(19)27)11-29-24(32)10-17-6-8-22-23(35-17)14-34-13-16(31)12-30(22)25(33)18-3-1-2-4-21(18)28/h1-5,7,9,16-17,22-23,31H,6,8,10-14H2,(H,29,32)/t16-,17-,22-,23+/m0/s1. The van der Waals surface area contributed by atoms with Gasteiger partial charge in [-0.2, -0.15) is 0 Å². The highest BCUT2D eigenvalue weighted by atomic mass is 35.5. The van der Waals surface area contributed by atoms with E-state index in [2.05, 4.69) is 5.32 Å². The summed E-state index contributed by atoms with van der Waals surface area (Å²) in [7, 11) is 0. The van der Waals surface area contributed by atoms with Gasteiger partial charge in [-0.05, 0) is 42.7 Å². The normalized spacial score (nSPS) is 24.7. The lowest BCUT2D eigenvalue weighted by atomic mass is 9.94. The van der Waals surface area contributed by atoms with E-state index >= 15 is 0 Å². The highest BCUT2D eigenvalue weighted by molar-refractivity contribution is 6.42. The summed E-state index contributed by atoms with van der Waals surface area (Å²) in [5, 5.41) is 14.0. The Kier molecular flexibility index (Phi) is 8.62. The molecular weight excluding hydrogens is 498 g/mol. The maximum Gasteiger partial charge on any atom is 0.257 e. The van der Waals surface area contributed by atoms with Crippen molar-refractivity contribution in [1.82, 2.24) is 10.2 Å². The molecule has 0 spiro atoms. The molecule has 0 saturated carbocycles. The number of aliphatic hydroxyl groups excluding tert-OH is 1. The van der Waals surface area contributed by atoms with Gasteiger partial charge >= 0.3 is 0 Å². The lowest BCUT2D eigenvalue weighted by molar-refractivity contribution is -0.151. The fourth-order valence-corrected chi connectivity index (χ4v) is 4.81. The highest BCUT2D eigenvalue weighted by Gasteiger charge is 2.40. The summed E-state index contributed by atoms with van der Waals surface area (Å²) in [6.07, 6.45) is -0.543. The largest absolute Gasteiger partial charge is 0.389 e. The van der Waals surface area contributed by atoms with Crippen LogP contribution in [0.15, 0.2) is 42.5 Å². The number of amides is 2. The van der Waals surface area contributed by atoms with Gasteiger partial charge in [0.2, 0.25) is 5.91 Å². The Balaban J connectivity index is 1.39. The summed E-state index contributed by atoms with van der Waals surface area (Å²) in [5.74, 6) is -1.29. The van der Waals surface area contributed by atoms with E-state index in [0.29, 0.717) is 29.4 Å². The topological polar surface area (TPSA) is 88.1 Å². The lowest BCUT2D eigenvalue weighted by Gasteiger charge is -2.44. The Morgan fingerprint density at radius 1 is 1.11 bits per heavy atom. The van der Waals surface area contributed by atoms with Crippen LogP contribution in [0.25, 0.3) is 0 Å². The number of aliphatic hydroxyl groups is 1. The fraction of sp³-hybridized carbons (Fsp3) is 0.440. The predicted molar refractivity (Wildman–Crippen MR) is 129 cm³/mol. The molecule has 4 atom stereocenters. The second-order valence-corrected chi connectivity index (χ2v) is 9.61. The Bertz CT molecular complexity index is 1070. The molecule has 0 bridgehead atoms. The Morgan fingerprint density at radius 3 is 2.69 bits per heavy atom. The van der Waals surface area contributed by atoms with Gasteiger partial charge in [-0.1, -0.05) is 41.4 Å². The van der Waals surface area contributed by atoms with Crippen LogP contribution >= 0.6 is 23.2 Å². The van der Waals surface area contributed by atoms with Crippen molar-refractivity contribution in [2.45, 2.75) is 50.2 Å². The number of nitrogens with one attached hydrogen (secondary N) is 1. The van der Waals surface area contributed by atoms with Crippen molar-refractivity contribution in [1.29, 1.82) is 0 Å². The number of carbonyl (C=O) groups is 2. The molecule has 35 heavy (non-hydrogen) atoms. The zero-order valence-corrected chi connectivity index (χ0v) is 20.5. The maximum atomic E-state index is 14.3. The average molecular weight is 525 g/mol. The molecule has 0 unspecified atom stereocenters. The van der Waals surface area contributed by atoms with Crippen molar-refractivity contribution < 1.29 is 28.6 Å². The molecule has 2 N–H and O–H groups in total. The molecular formula is C25H27Cl2FN2O5. The molecule has 4 rings (SSSR count). The number of hydrogen-bond acceptors (Lipinski definition) is 5. The van der Waals surface area contributed by atoms with Gasteiger partial charge in [0, 0.05) is 13.1 Å². The molecule has 2 aromatic rings. The molecule has 0 aliphatic carbocycles. The minimum atomic E-state index is -0.892. The third-order valence-electron chi connectivity index (χ3n) is 6.23. The second kappa shape index (κ2) is 11.7. The molecule has 188 valence electrons. The number of rotatable bonds is 5. The van der Waals surface area contributed by atoms with Crippen LogP contribution < -0.4 is 5.32 Å². The van der Waals surface area contributed by atoms with Crippen LogP contribution in [0.5, 0.6) is 0 Å². The summed E-state index contributed by atoms with van der Waals surface area (Å²) < 4.78 is 26.1. The number of hydrogen-bond donors (Lipinski definition) is 2. The summed E-state index contributed by atoms with van der Waals surface area (Å²) >= 11 is 12.0. The van der Waals surface area contributed by atoms with Crippen molar-refractivity contribution in [3.05, 3.63) is 69.5 Å². The molecule has 2 aliphatic heterocycles. The number of nitrogens with zero attached hydrogens (tertiary/aromatic N) is 1. The first-order chi connectivity index (χ1) is 16.8. The zero-order valence-electron chi connectivity index (χ0n) is 19.0. The molecule has 2 heterocycles. The van der Waals surface area contributed by atoms with Crippen LogP contribution in [0, 0.1) is 5.82 Å². The van der Waals surface area contributed by atoms with Gasteiger partial charge in [-0.25, -0.2) is 4.39 Å². The smallest absolute Gasteiger partial charge is 0.257 e. The van der Waals surface area contributed by atoms with Gasteiger partial charge in [0.05, 0.1) is 53.5 Å². The molecule has 10 heteroatoms. The third kappa shape index (κ3) is 6.51. The molecule has 0 aromatic heterocycles. The predicted octanol–water partition coefficient (Wildman–Crippen LogP) is 3.59. The van der Waals surface area contributed by atoms with E-state index in [1.54, 1.807) is 24.3 Å².